The van der Waals surface area contributed by atoms with E-state index in [1.165, 1.54) is 11.3 Å². The first-order valence-corrected chi connectivity index (χ1v) is 15.5. The van der Waals surface area contributed by atoms with Crippen molar-refractivity contribution in [3.63, 3.8) is 0 Å². The number of carbonyl (C=O) groups is 2. The zero-order valence-electron chi connectivity index (χ0n) is 25.1. The fourth-order valence-electron chi connectivity index (χ4n) is 5.74. The summed E-state index contributed by atoms with van der Waals surface area (Å²) in [7, 11) is 1.90. The highest BCUT2D eigenvalue weighted by Crippen LogP contribution is 2.45. The number of anilines is 1. The van der Waals surface area contributed by atoms with Crippen LogP contribution in [0.1, 0.15) is 56.5 Å². The number of aryl methyl sites for hydroxylation is 2. The molecule has 1 N–H and O–H groups in total. The van der Waals surface area contributed by atoms with Crippen LogP contribution in [0.4, 0.5) is 5.13 Å². The lowest BCUT2D eigenvalue weighted by Gasteiger charge is -2.31. The van der Waals surface area contributed by atoms with Crippen LogP contribution in [0, 0.1) is 6.92 Å². The monoisotopic (exact) mass is 615 g/mol. The third-order valence-corrected chi connectivity index (χ3v) is 9.05. The zero-order valence-corrected chi connectivity index (χ0v) is 26.6. The molecule has 6 rings (SSSR count). The third kappa shape index (κ3) is 5.58. The van der Waals surface area contributed by atoms with Gasteiger partial charge in [-0.05, 0) is 81.6 Å². The highest BCUT2D eigenvalue weighted by atomic mass is 35.5. The molecule has 0 saturated carbocycles. The minimum Gasteiger partial charge on any atom is -0.360 e. The number of benzene rings is 3. The van der Waals surface area contributed by atoms with Crippen molar-refractivity contribution >= 4 is 60.9 Å². The first-order chi connectivity index (χ1) is 20.4. The number of nitrogens with zero attached hydrogens (tertiary/aromatic N) is 4. The summed E-state index contributed by atoms with van der Waals surface area (Å²) in [6, 6.07) is 15.1. The molecule has 5 aromatic rings. The van der Waals surface area contributed by atoms with E-state index >= 15 is 0 Å². The number of hydrogen-bond acceptors (Lipinski definition) is 7. The summed E-state index contributed by atoms with van der Waals surface area (Å²) in [5, 5.41) is 9.96. The number of hydrogen-bond donors (Lipinski definition) is 1. The predicted molar refractivity (Wildman–Crippen MR) is 173 cm³/mol. The lowest BCUT2D eigenvalue weighted by Crippen LogP contribution is -2.50. The highest BCUT2D eigenvalue weighted by Gasteiger charge is 2.34. The van der Waals surface area contributed by atoms with E-state index in [2.05, 4.69) is 10.4 Å². The van der Waals surface area contributed by atoms with Crippen LogP contribution in [0.5, 0.6) is 0 Å². The maximum Gasteiger partial charge on any atom is 0.250 e. The summed E-state index contributed by atoms with van der Waals surface area (Å²) in [4.78, 5) is 33.8. The number of fused-ring (bicyclic) bond motifs is 2. The molecule has 0 bridgehead atoms. The lowest BCUT2D eigenvalue weighted by atomic mass is 9.90. The molecule has 1 saturated heterocycles. The van der Waals surface area contributed by atoms with Crippen molar-refractivity contribution < 1.29 is 14.3 Å². The molecule has 0 spiro atoms. The maximum atomic E-state index is 14.0. The fourth-order valence-corrected chi connectivity index (χ4v) is 7.02. The largest absolute Gasteiger partial charge is 0.360 e. The second-order valence-corrected chi connectivity index (χ2v) is 13.4. The summed E-state index contributed by atoms with van der Waals surface area (Å²) in [5.74, 6) is -0.140. The topological polar surface area (TPSA) is 89.3 Å². The Bertz CT molecular complexity index is 1870. The molecule has 1 aliphatic rings. The number of rotatable bonds is 6. The van der Waals surface area contributed by atoms with Crippen molar-refractivity contribution in [1.29, 1.82) is 0 Å². The molecule has 1 amide bonds. The Kier molecular flexibility index (Phi) is 7.62. The first kappa shape index (κ1) is 29.4. The second-order valence-electron chi connectivity index (χ2n) is 12.0. The van der Waals surface area contributed by atoms with Crippen LogP contribution >= 0.6 is 22.9 Å². The van der Waals surface area contributed by atoms with E-state index in [1.807, 2.05) is 94.2 Å². The van der Waals surface area contributed by atoms with E-state index < -0.39 is 17.7 Å². The number of thiazole rings is 1. The Labute approximate surface area is 259 Å². The maximum absolute atomic E-state index is 14.0. The van der Waals surface area contributed by atoms with Crippen molar-refractivity contribution in [3.8, 4) is 11.1 Å². The summed E-state index contributed by atoms with van der Waals surface area (Å²) in [6.45, 7) is 10.5. The standard InChI is InChI=1S/C33H34ClN5O3S/c1-18-15-24-30(27(20-7-10-23(34)11-8-20)26(18)29(19(2)40)42-33(3,4)5)43-32(37-24)39-14-13-35-28(31(39)41)21-9-12-25-22(16-21)17-36-38(25)6/h7-12,15-17,28-29,35H,13-14H2,1-6H3/t28?,29-/m1/s1. The van der Waals surface area contributed by atoms with Crippen molar-refractivity contribution in [2.75, 3.05) is 18.0 Å². The minimum absolute atomic E-state index is 0.0591. The Hall–Kier alpha value is -3.63. The first-order valence-electron chi connectivity index (χ1n) is 14.3. The number of halogens is 1. The van der Waals surface area contributed by atoms with Crippen LogP contribution in [0.15, 0.2) is 54.7 Å². The number of ether oxygens (including phenoxy) is 1. The molecule has 1 aliphatic heterocycles. The van der Waals surface area contributed by atoms with Crippen LogP contribution in [0.25, 0.3) is 32.2 Å². The molecule has 3 aromatic carbocycles. The summed E-state index contributed by atoms with van der Waals surface area (Å²) in [6.07, 6.45) is 1.04. The van der Waals surface area contributed by atoms with Gasteiger partial charge in [-0.15, -0.1) is 0 Å². The zero-order chi connectivity index (χ0) is 30.6. The van der Waals surface area contributed by atoms with Gasteiger partial charge in [0.05, 0.1) is 27.5 Å². The SMILES string of the molecule is CC(=O)[C@@H](OC(C)(C)C)c1c(C)cc2nc(N3CCNC(c4ccc5c(cnn5C)c4)C3=O)sc2c1-c1ccc(Cl)cc1. The quantitative estimate of drug-likeness (QED) is 0.223. The van der Waals surface area contributed by atoms with E-state index in [4.69, 9.17) is 21.3 Å². The number of Topliss-reactive ketones (excluding diaryl/α,β-unsaturated/α-hetero) is 1. The molecule has 2 atom stereocenters. The molecule has 222 valence electrons. The summed E-state index contributed by atoms with van der Waals surface area (Å²) in [5.41, 5.74) is 5.60. The van der Waals surface area contributed by atoms with Gasteiger partial charge < -0.3 is 10.1 Å². The predicted octanol–water partition coefficient (Wildman–Crippen LogP) is 6.93. The summed E-state index contributed by atoms with van der Waals surface area (Å²) >= 11 is 7.72. The fraction of sp³-hybridized carbons (Fsp3) is 0.333. The minimum atomic E-state index is -0.770. The number of nitrogens with one attached hydrogen (secondary N) is 1. The normalized spacial score (nSPS) is 16.8. The van der Waals surface area contributed by atoms with Gasteiger partial charge in [-0.1, -0.05) is 41.1 Å². The molecule has 8 nitrogen and oxygen atoms in total. The Morgan fingerprint density at radius 2 is 1.91 bits per heavy atom. The van der Waals surface area contributed by atoms with E-state index in [9.17, 15) is 9.59 Å². The molecule has 1 fully saturated rings. The molecule has 3 heterocycles. The Morgan fingerprint density at radius 1 is 1.16 bits per heavy atom. The molecule has 2 aromatic heterocycles. The third-order valence-electron chi connectivity index (χ3n) is 7.68. The molecule has 1 unspecified atom stereocenters. The van der Waals surface area contributed by atoms with Crippen LogP contribution in [-0.2, 0) is 21.4 Å². The van der Waals surface area contributed by atoms with E-state index in [0.29, 0.717) is 23.2 Å². The van der Waals surface area contributed by atoms with Gasteiger partial charge in [0.2, 0.25) is 0 Å². The van der Waals surface area contributed by atoms with Gasteiger partial charge in [-0.25, -0.2) is 4.98 Å². The molecule has 10 heteroatoms. The van der Waals surface area contributed by atoms with Gasteiger partial charge in [0, 0.05) is 41.7 Å². The molecular formula is C33H34ClN5O3S. The molecular weight excluding hydrogens is 582 g/mol. The average Bonchev–Trinajstić information content (AvgIpc) is 3.54. The van der Waals surface area contributed by atoms with E-state index in [0.717, 1.165) is 48.9 Å². The van der Waals surface area contributed by atoms with Crippen molar-refractivity contribution in [2.24, 2.45) is 7.05 Å². The molecule has 43 heavy (non-hydrogen) atoms. The van der Waals surface area contributed by atoms with Gasteiger partial charge in [0.1, 0.15) is 12.1 Å². The molecule has 0 radical (unpaired) electrons. The van der Waals surface area contributed by atoms with Crippen molar-refractivity contribution in [1.82, 2.24) is 20.1 Å². The molecule has 0 aliphatic carbocycles. The van der Waals surface area contributed by atoms with E-state index in [-0.39, 0.29) is 11.7 Å². The van der Waals surface area contributed by atoms with Crippen LogP contribution in [0.3, 0.4) is 0 Å². The number of aromatic nitrogens is 3. The van der Waals surface area contributed by atoms with Gasteiger partial charge in [-0.2, -0.15) is 5.10 Å². The average molecular weight is 616 g/mol. The number of amides is 1. The van der Waals surface area contributed by atoms with Crippen molar-refractivity contribution in [2.45, 2.75) is 52.4 Å². The number of carbonyl (C=O) groups excluding carboxylic acids is 2. The smallest absolute Gasteiger partial charge is 0.250 e. The van der Waals surface area contributed by atoms with Crippen LogP contribution in [-0.4, -0.2) is 45.1 Å². The van der Waals surface area contributed by atoms with Gasteiger partial charge >= 0.3 is 0 Å². The number of ketones is 1. The Morgan fingerprint density at radius 3 is 2.60 bits per heavy atom. The lowest BCUT2D eigenvalue weighted by molar-refractivity contribution is -0.138. The van der Waals surface area contributed by atoms with Crippen LogP contribution < -0.4 is 10.2 Å². The Balaban J connectivity index is 1.47. The van der Waals surface area contributed by atoms with E-state index in [1.54, 1.807) is 11.8 Å². The summed E-state index contributed by atoms with van der Waals surface area (Å²) < 4.78 is 9.08. The van der Waals surface area contributed by atoms with Gasteiger partial charge in [0.15, 0.2) is 10.9 Å². The van der Waals surface area contributed by atoms with Gasteiger partial charge in [-0.3, -0.25) is 19.2 Å². The highest BCUT2D eigenvalue weighted by molar-refractivity contribution is 7.23. The second kappa shape index (κ2) is 11.1. The van der Waals surface area contributed by atoms with Crippen molar-refractivity contribution in [3.05, 3.63) is 76.4 Å². The van der Waals surface area contributed by atoms with Crippen LogP contribution in [0.2, 0.25) is 5.02 Å². The van der Waals surface area contributed by atoms with Gasteiger partial charge in [0.25, 0.3) is 5.91 Å². The number of piperazine rings is 1.